The molecule has 0 saturated carbocycles. The number of ketones is 1. The van der Waals surface area contributed by atoms with Gasteiger partial charge in [-0.05, 0) is 52.4 Å². The number of carbonyl (C=O) groups is 1. The molecule has 2 aromatic rings. The van der Waals surface area contributed by atoms with Gasteiger partial charge in [-0.1, -0.05) is 12.1 Å². The molecule has 0 fully saturated rings. The van der Waals surface area contributed by atoms with Gasteiger partial charge in [-0.25, -0.2) is 13.2 Å². The highest BCUT2D eigenvalue weighted by atomic mass is 127. The second-order valence-electron chi connectivity index (χ2n) is 3.94. The maximum atomic E-state index is 13.5. The molecular weight excluding hydrogens is 368 g/mol. The first kappa shape index (κ1) is 14.0. The van der Waals surface area contributed by atoms with Crippen molar-refractivity contribution in [2.24, 2.45) is 0 Å². The van der Waals surface area contributed by atoms with Gasteiger partial charge in [0.25, 0.3) is 0 Å². The fraction of sp³-hybridized carbons (Fsp3) is 0.0714. The average molecular weight is 376 g/mol. The number of rotatable bonds is 3. The molecule has 2 rings (SSSR count). The van der Waals surface area contributed by atoms with Crippen LogP contribution in [0, 0.1) is 21.0 Å². The van der Waals surface area contributed by atoms with Crippen molar-refractivity contribution >= 4 is 28.4 Å². The summed E-state index contributed by atoms with van der Waals surface area (Å²) in [5, 5.41) is 0. The van der Waals surface area contributed by atoms with E-state index in [0.717, 1.165) is 12.1 Å². The van der Waals surface area contributed by atoms with Crippen LogP contribution in [0.15, 0.2) is 36.4 Å². The Morgan fingerprint density at radius 1 is 1.11 bits per heavy atom. The molecule has 0 aliphatic rings. The maximum Gasteiger partial charge on any atom is 0.168 e. The van der Waals surface area contributed by atoms with Gasteiger partial charge < -0.3 is 0 Å². The van der Waals surface area contributed by atoms with Gasteiger partial charge in [0.1, 0.15) is 5.82 Å². The van der Waals surface area contributed by atoms with E-state index in [1.54, 1.807) is 0 Å². The number of Topliss-reactive ketones (excluding diaryl/α,β-unsaturated/α-hetero) is 1. The summed E-state index contributed by atoms with van der Waals surface area (Å²) < 4.78 is 39.9. The molecule has 0 aliphatic carbocycles. The standard InChI is InChI=1S/C14H8F3IO/c15-9-4-5-10(12(18)7-9)13(19)6-8-2-1-3-11(16)14(8)17/h1-5,7H,6H2. The van der Waals surface area contributed by atoms with E-state index in [0.29, 0.717) is 9.13 Å². The lowest BCUT2D eigenvalue weighted by Gasteiger charge is -2.05. The van der Waals surface area contributed by atoms with Crippen molar-refractivity contribution in [2.45, 2.75) is 6.42 Å². The molecule has 19 heavy (non-hydrogen) atoms. The van der Waals surface area contributed by atoms with Crippen LogP contribution in [0.1, 0.15) is 15.9 Å². The number of hydrogen-bond acceptors (Lipinski definition) is 1. The van der Waals surface area contributed by atoms with Crippen LogP contribution in [0.3, 0.4) is 0 Å². The molecular formula is C14H8F3IO. The normalized spacial score (nSPS) is 10.5. The first-order valence-corrected chi connectivity index (χ1v) is 6.48. The van der Waals surface area contributed by atoms with Crippen molar-refractivity contribution in [1.29, 1.82) is 0 Å². The molecule has 0 saturated heterocycles. The molecule has 0 radical (unpaired) electrons. The van der Waals surface area contributed by atoms with Gasteiger partial charge in [0.2, 0.25) is 0 Å². The van der Waals surface area contributed by atoms with Crippen molar-refractivity contribution in [1.82, 2.24) is 0 Å². The number of carbonyl (C=O) groups excluding carboxylic acids is 1. The zero-order chi connectivity index (χ0) is 14.0. The van der Waals surface area contributed by atoms with Crippen LogP contribution in [0.25, 0.3) is 0 Å². The Bertz CT molecular complexity index is 641. The van der Waals surface area contributed by atoms with Crippen LogP contribution in [-0.4, -0.2) is 5.78 Å². The van der Waals surface area contributed by atoms with E-state index in [1.807, 2.05) is 22.6 Å². The molecule has 0 spiro atoms. The molecule has 0 aliphatic heterocycles. The summed E-state index contributed by atoms with van der Waals surface area (Å²) in [5.74, 6) is -2.83. The number of hydrogen-bond donors (Lipinski definition) is 0. The first-order chi connectivity index (χ1) is 8.99. The van der Waals surface area contributed by atoms with Gasteiger partial charge >= 0.3 is 0 Å². The predicted octanol–water partition coefficient (Wildman–Crippen LogP) is 4.13. The van der Waals surface area contributed by atoms with Crippen molar-refractivity contribution in [3.05, 3.63) is 68.5 Å². The monoisotopic (exact) mass is 376 g/mol. The number of halogens is 4. The summed E-state index contributed by atoms with van der Waals surface area (Å²) in [5.41, 5.74) is 0.288. The summed E-state index contributed by atoms with van der Waals surface area (Å²) in [7, 11) is 0. The molecule has 0 aromatic heterocycles. The Hall–Kier alpha value is -1.37. The molecule has 98 valence electrons. The highest BCUT2D eigenvalue weighted by Gasteiger charge is 2.15. The second kappa shape index (κ2) is 5.73. The third kappa shape index (κ3) is 3.15. The largest absolute Gasteiger partial charge is 0.294 e. The summed E-state index contributed by atoms with van der Waals surface area (Å²) in [6, 6.07) is 7.41. The van der Waals surface area contributed by atoms with Crippen LogP contribution >= 0.6 is 22.6 Å². The van der Waals surface area contributed by atoms with E-state index in [1.165, 1.54) is 24.3 Å². The SMILES string of the molecule is O=C(Cc1cccc(F)c1F)c1ccc(F)cc1I. The fourth-order valence-corrected chi connectivity index (χ4v) is 2.45. The van der Waals surface area contributed by atoms with Crippen molar-refractivity contribution < 1.29 is 18.0 Å². The lowest BCUT2D eigenvalue weighted by Crippen LogP contribution is -2.08. The van der Waals surface area contributed by atoms with Crippen molar-refractivity contribution in [3.8, 4) is 0 Å². The van der Waals surface area contributed by atoms with Crippen LogP contribution in [0.5, 0.6) is 0 Å². The minimum atomic E-state index is -1.02. The highest BCUT2D eigenvalue weighted by Crippen LogP contribution is 2.18. The molecule has 0 bridgehead atoms. The third-order valence-corrected chi connectivity index (χ3v) is 3.51. The van der Waals surface area contributed by atoms with E-state index in [-0.39, 0.29) is 17.8 Å². The predicted molar refractivity (Wildman–Crippen MR) is 73.5 cm³/mol. The van der Waals surface area contributed by atoms with Crippen LogP contribution in [0.2, 0.25) is 0 Å². The Kier molecular flexibility index (Phi) is 4.24. The van der Waals surface area contributed by atoms with Gasteiger partial charge in [0.05, 0.1) is 0 Å². The topological polar surface area (TPSA) is 17.1 Å². The molecule has 0 heterocycles. The molecule has 2 aromatic carbocycles. The fourth-order valence-electron chi connectivity index (χ4n) is 1.67. The van der Waals surface area contributed by atoms with Gasteiger partial charge in [-0.3, -0.25) is 4.79 Å². The van der Waals surface area contributed by atoms with E-state index in [9.17, 15) is 18.0 Å². The van der Waals surface area contributed by atoms with Gasteiger partial charge in [0, 0.05) is 15.6 Å². The average Bonchev–Trinajstić information content (AvgIpc) is 2.34. The smallest absolute Gasteiger partial charge is 0.168 e. The van der Waals surface area contributed by atoms with Gasteiger partial charge in [-0.15, -0.1) is 0 Å². The Morgan fingerprint density at radius 3 is 2.53 bits per heavy atom. The lowest BCUT2D eigenvalue weighted by atomic mass is 10.0. The zero-order valence-electron chi connectivity index (χ0n) is 9.59. The van der Waals surface area contributed by atoms with Crippen LogP contribution < -0.4 is 0 Å². The minimum absolute atomic E-state index is 0.00914. The van der Waals surface area contributed by atoms with Crippen molar-refractivity contribution in [2.75, 3.05) is 0 Å². The van der Waals surface area contributed by atoms with Crippen LogP contribution in [-0.2, 0) is 6.42 Å². The molecule has 0 N–H and O–H groups in total. The summed E-state index contributed by atoms with van der Waals surface area (Å²) in [6.45, 7) is 0. The van der Waals surface area contributed by atoms with Gasteiger partial charge in [0.15, 0.2) is 17.4 Å². The summed E-state index contributed by atoms with van der Waals surface area (Å²) in [4.78, 5) is 12.0. The molecule has 0 atom stereocenters. The Balaban J connectivity index is 2.28. The molecule has 0 amide bonds. The summed E-state index contributed by atoms with van der Waals surface area (Å²) in [6.07, 6.45) is -0.259. The molecule has 1 nitrogen and oxygen atoms in total. The van der Waals surface area contributed by atoms with E-state index in [2.05, 4.69) is 0 Å². The second-order valence-corrected chi connectivity index (χ2v) is 5.10. The van der Waals surface area contributed by atoms with Gasteiger partial charge in [-0.2, -0.15) is 0 Å². The van der Waals surface area contributed by atoms with E-state index in [4.69, 9.17) is 0 Å². The minimum Gasteiger partial charge on any atom is -0.294 e. The van der Waals surface area contributed by atoms with E-state index < -0.39 is 17.5 Å². The quantitative estimate of drug-likeness (QED) is 0.582. The Labute approximate surface area is 121 Å². The first-order valence-electron chi connectivity index (χ1n) is 5.40. The highest BCUT2D eigenvalue weighted by molar-refractivity contribution is 14.1. The third-order valence-electron chi connectivity index (χ3n) is 2.61. The number of benzene rings is 2. The van der Waals surface area contributed by atoms with E-state index >= 15 is 0 Å². The van der Waals surface area contributed by atoms with Crippen LogP contribution in [0.4, 0.5) is 13.2 Å². The molecule has 5 heteroatoms. The van der Waals surface area contributed by atoms with Crippen molar-refractivity contribution in [3.63, 3.8) is 0 Å². The Morgan fingerprint density at radius 2 is 1.84 bits per heavy atom. The maximum absolute atomic E-state index is 13.5. The lowest BCUT2D eigenvalue weighted by molar-refractivity contribution is 0.0991. The zero-order valence-corrected chi connectivity index (χ0v) is 11.7. The molecule has 0 unspecified atom stereocenters. The summed E-state index contributed by atoms with van der Waals surface area (Å²) >= 11 is 1.83.